The number of hydrogen-bond acceptors (Lipinski definition) is 3. The molecule has 0 saturated carbocycles. The number of hydrogen-bond donors (Lipinski definition) is 2. The molecule has 0 aliphatic rings. The van der Waals surface area contributed by atoms with E-state index in [0.29, 0.717) is 12.2 Å². The van der Waals surface area contributed by atoms with E-state index in [9.17, 15) is 9.90 Å². The van der Waals surface area contributed by atoms with E-state index in [1.807, 2.05) is 24.3 Å². The van der Waals surface area contributed by atoms with Crippen LogP contribution in [0.25, 0.3) is 0 Å². The van der Waals surface area contributed by atoms with Crippen molar-refractivity contribution in [3.05, 3.63) is 29.8 Å². The molecule has 100 valence electrons. The third kappa shape index (κ3) is 2.82. The van der Waals surface area contributed by atoms with Crippen LogP contribution in [0, 0.1) is 5.92 Å². The molecule has 2 N–H and O–H groups in total. The molecule has 1 rings (SSSR count). The lowest BCUT2D eigenvalue weighted by molar-refractivity contribution is -0.164. The van der Waals surface area contributed by atoms with E-state index in [1.165, 1.54) is 0 Å². The number of ether oxygens (including phenoxy) is 1. The monoisotopic (exact) mass is 252 g/mol. The Morgan fingerprint density at radius 2 is 2.06 bits per heavy atom. The van der Waals surface area contributed by atoms with Crippen LogP contribution >= 0.6 is 0 Å². The first kappa shape index (κ1) is 14.5. The molecule has 2 unspecified atom stereocenters. The molecule has 0 radical (unpaired) electrons. The molecular weight excluding hydrogens is 232 g/mol. The summed E-state index contributed by atoms with van der Waals surface area (Å²) in [6.07, 6.45) is 0.638. The van der Waals surface area contributed by atoms with Crippen molar-refractivity contribution < 1.29 is 19.7 Å². The van der Waals surface area contributed by atoms with Gasteiger partial charge in [0.05, 0.1) is 7.11 Å². The smallest absolute Gasteiger partial charge is 0.335 e. The van der Waals surface area contributed by atoms with Gasteiger partial charge < -0.3 is 14.9 Å². The van der Waals surface area contributed by atoms with Crippen LogP contribution in [-0.2, 0) is 11.2 Å². The Bertz CT molecular complexity index is 416. The summed E-state index contributed by atoms with van der Waals surface area (Å²) in [5.41, 5.74) is -0.790. The minimum Gasteiger partial charge on any atom is -0.496 e. The SMILES string of the molecule is CCC(O)(C(=O)O)C(C)Cc1ccccc1OC. The van der Waals surface area contributed by atoms with Crippen molar-refractivity contribution in [3.8, 4) is 5.75 Å². The topological polar surface area (TPSA) is 66.8 Å². The third-order valence-electron chi connectivity index (χ3n) is 3.44. The molecular formula is C14H20O4. The number of carbonyl (C=O) groups is 1. The zero-order chi connectivity index (χ0) is 13.8. The first-order chi connectivity index (χ1) is 8.45. The number of rotatable bonds is 6. The predicted octanol–water partition coefficient (Wildman–Crippen LogP) is 2.10. The zero-order valence-corrected chi connectivity index (χ0v) is 11.0. The molecule has 0 heterocycles. The van der Waals surface area contributed by atoms with Crippen molar-refractivity contribution in [2.45, 2.75) is 32.3 Å². The highest BCUT2D eigenvalue weighted by molar-refractivity contribution is 5.77. The fourth-order valence-electron chi connectivity index (χ4n) is 2.08. The van der Waals surface area contributed by atoms with Crippen LogP contribution in [0.2, 0.25) is 0 Å². The van der Waals surface area contributed by atoms with E-state index < -0.39 is 17.5 Å². The molecule has 0 aliphatic carbocycles. The Kier molecular flexibility index (Phi) is 4.73. The molecule has 0 aliphatic heterocycles. The number of para-hydroxylation sites is 1. The minimum absolute atomic E-state index is 0.179. The second kappa shape index (κ2) is 5.87. The average Bonchev–Trinajstić information content (AvgIpc) is 2.37. The summed E-state index contributed by atoms with van der Waals surface area (Å²) in [6, 6.07) is 7.44. The maximum atomic E-state index is 11.2. The van der Waals surface area contributed by atoms with Gasteiger partial charge in [0, 0.05) is 0 Å². The Morgan fingerprint density at radius 1 is 1.44 bits per heavy atom. The molecule has 4 heteroatoms. The van der Waals surface area contributed by atoms with Gasteiger partial charge in [0.1, 0.15) is 5.75 Å². The molecule has 2 atom stereocenters. The highest BCUT2D eigenvalue weighted by atomic mass is 16.5. The van der Waals surface area contributed by atoms with Gasteiger partial charge in [-0.25, -0.2) is 4.79 Å². The average molecular weight is 252 g/mol. The first-order valence-corrected chi connectivity index (χ1v) is 6.03. The zero-order valence-electron chi connectivity index (χ0n) is 11.0. The number of carboxylic acid groups (broad SMARTS) is 1. The molecule has 18 heavy (non-hydrogen) atoms. The molecule has 0 fully saturated rings. The number of benzene rings is 1. The van der Waals surface area contributed by atoms with Gasteiger partial charge in [-0.15, -0.1) is 0 Å². The summed E-state index contributed by atoms with van der Waals surface area (Å²) >= 11 is 0. The fraction of sp³-hybridized carbons (Fsp3) is 0.500. The normalized spacial score (nSPS) is 15.8. The number of aliphatic hydroxyl groups is 1. The van der Waals surface area contributed by atoms with Crippen LogP contribution < -0.4 is 4.74 Å². The highest BCUT2D eigenvalue weighted by Crippen LogP contribution is 2.28. The van der Waals surface area contributed by atoms with Crippen LogP contribution in [0.5, 0.6) is 5.75 Å². The molecule has 0 aromatic heterocycles. The second-order valence-electron chi connectivity index (χ2n) is 4.50. The minimum atomic E-state index is -1.69. The van der Waals surface area contributed by atoms with Crippen LogP contribution in [0.15, 0.2) is 24.3 Å². The van der Waals surface area contributed by atoms with Gasteiger partial charge >= 0.3 is 5.97 Å². The van der Waals surface area contributed by atoms with Crippen LogP contribution in [-0.4, -0.2) is 28.9 Å². The molecule has 1 aromatic carbocycles. The molecule has 4 nitrogen and oxygen atoms in total. The van der Waals surface area contributed by atoms with Crippen LogP contribution in [0.4, 0.5) is 0 Å². The van der Waals surface area contributed by atoms with Gasteiger partial charge in [0.25, 0.3) is 0 Å². The number of aliphatic carboxylic acids is 1. The van der Waals surface area contributed by atoms with Crippen molar-refractivity contribution in [2.75, 3.05) is 7.11 Å². The van der Waals surface area contributed by atoms with Crippen molar-refractivity contribution in [3.63, 3.8) is 0 Å². The Morgan fingerprint density at radius 3 is 2.56 bits per heavy atom. The molecule has 0 bridgehead atoms. The van der Waals surface area contributed by atoms with Crippen LogP contribution in [0.1, 0.15) is 25.8 Å². The maximum absolute atomic E-state index is 11.2. The molecule has 0 spiro atoms. The van der Waals surface area contributed by atoms with Crippen molar-refractivity contribution in [1.29, 1.82) is 0 Å². The van der Waals surface area contributed by atoms with Gasteiger partial charge in [-0.1, -0.05) is 32.0 Å². The molecule has 0 saturated heterocycles. The second-order valence-corrected chi connectivity index (χ2v) is 4.50. The van der Waals surface area contributed by atoms with Gasteiger partial charge in [-0.3, -0.25) is 0 Å². The van der Waals surface area contributed by atoms with Gasteiger partial charge in [-0.05, 0) is 30.4 Å². The fourth-order valence-corrected chi connectivity index (χ4v) is 2.08. The molecule has 0 amide bonds. The van der Waals surface area contributed by atoms with Crippen molar-refractivity contribution in [2.24, 2.45) is 5.92 Å². The summed E-state index contributed by atoms with van der Waals surface area (Å²) in [5, 5.41) is 19.3. The van der Waals surface area contributed by atoms with E-state index in [1.54, 1.807) is 21.0 Å². The molecule has 1 aromatic rings. The lowest BCUT2D eigenvalue weighted by atomic mass is 9.82. The lowest BCUT2D eigenvalue weighted by Gasteiger charge is -2.29. The number of methoxy groups -OCH3 is 1. The predicted molar refractivity (Wildman–Crippen MR) is 68.7 cm³/mol. The van der Waals surface area contributed by atoms with Crippen LogP contribution in [0.3, 0.4) is 0 Å². The van der Waals surface area contributed by atoms with E-state index in [4.69, 9.17) is 9.84 Å². The number of carboxylic acids is 1. The summed E-state index contributed by atoms with van der Waals surface area (Å²) in [7, 11) is 1.58. The third-order valence-corrected chi connectivity index (χ3v) is 3.44. The van der Waals surface area contributed by atoms with Crippen molar-refractivity contribution >= 4 is 5.97 Å². The summed E-state index contributed by atoms with van der Waals surface area (Å²) in [5.74, 6) is -0.850. The summed E-state index contributed by atoms with van der Waals surface area (Å²) in [4.78, 5) is 11.2. The Hall–Kier alpha value is -1.55. The van der Waals surface area contributed by atoms with Gasteiger partial charge in [-0.2, -0.15) is 0 Å². The quantitative estimate of drug-likeness (QED) is 0.813. The largest absolute Gasteiger partial charge is 0.496 e. The van der Waals surface area contributed by atoms with E-state index in [2.05, 4.69) is 0 Å². The Labute approximate surface area is 107 Å². The Balaban J connectivity index is 2.93. The van der Waals surface area contributed by atoms with E-state index in [-0.39, 0.29) is 6.42 Å². The van der Waals surface area contributed by atoms with E-state index in [0.717, 1.165) is 5.56 Å². The lowest BCUT2D eigenvalue weighted by Crippen LogP contribution is -2.45. The van der Waals surface area contributed by atoms with Gasteiger partial charge in [0.2, 0.25) is 0 Å². The van der Waals surface area contributed by atoms with Gasteiger partial charge in [0.15, 0.2) is 5.60 Å². The van der Waals surface area contributed by atoms with E-state index >= 15 is 0 Å². The van der Waals surface area contributed by atoms with Crippen molar-refractivity contribution in [1.82, 2.24) is 0 Å². The maximum Gasteiger partial charge on any atom is 0.335 e. The standard InChI is InChI=1S/C14H20O4/c1-4-14(17,13(15)16)10(2)9-11-7-5-6-8-12(11)18-3/h5-8,10,17H,4,9H2,1-3H3,(H,15,16). The first-order valence-electron chi connectivity index (χ1n) is 6.03. The summed E-state index contributed by atoms with van der Waals surface area (Å²) < 4.78 is 5.22. The highest BCUT2D eigenvalue weighted by Gasteiger charge is 2.40. The summed E-state index contributed by atoms with van der Waals surface area (Å²) in [6.45, 7) is 3.41.